The summed E-state index contributed by atoms with van der Waals surface area (Å²) in [5.74, 6) is 0.304. The van der Waals surface area contributed by atoms with Crippen LogP contribution in [0, 0.1) is 17.2 Å². The van der Waals surface area contributed by atoms with E-state index in [4.69, 9.17) is 5.26 Å². The molecule has 4 heteroatoms. The summed E-state index contributed by atoms with van der Waals surface area (Å²) >= 11 is 0. The SMILES string of the molecule is CCN(CC)CC(=O)N[C@](C)(C#N)C1CC1. The minimum absolute atomic E-state index is 0.0420. The Bertz CT molecular complexity index is 289. The third-order valence-corrected chi connectivity index (χ3v) is 3.29. The Hall–Kier alpha value is -1.08. The summed E-state index contributed by atoms with van der Waals surface area (Å²) in [6.45, 7) is 7.98. The summed E-state index contributed by atoms with van der Waals surface area (Å²) in [6.07, 6.45) is 2.10. The quantitative estimate of drug-likeness (QED) is 0.734. The molecule has 4 nitrogen and oxygen atoms in total. The molecular weight excluding hydrogens is 202 g/mol. The van der Waals surface area contributed by atoms with Crippen LogP contribution in [0.2, 0.25) is 0 Å². The van der Waals surface area contributed by atoms with E-state index in [2.05, 4.69) is 11.4 Å². The zero-order valence-corrected chi connectivity index (χ0v) is 10.4. The van der Waals surface area contributed by atoms with E-state index in [1.54, 1.807) is 0 Å². The number of hydrogen-bond donors (Lipinski definition) is 1. The average molecular weight is 223 g/mol. The van der Waals surface area contributed by atoms with E-state index >= 15 is 0 Å². The fraction of sp³-hybridized carbons (Fsp3) is 0.833. The average Bonchev–Trinajstić information content (AvgIpc) is 3.09. The molecule has 0 aromatic carbocycles. The first-order valence-corrected chi connectivity index (χ1v) is 6.00. The number of carbonyl (C=O) groups excluding carboxylic acids is 1. The zero-order valence-electron chi connectivity index (χ0n) is 10.4. The lowest BCUT2D eigenvalue weighted by Crippen LogP contribution is -2.50. The molecule has 1 N–H and O–H groups in total. The molecule has 1 amide bonds. The van der Waals surface area contributed by atoms with Gasteiger partial charge in [-0.25, -0.2) is 0 Å². The second kappa shape index (κ2) is 5.31. The number of likely N-dealkylation sites (N-methyl/N-ethyl adjacent to an activating group) is 1. The Morgan fingerprint density at radius 1 is 1.50 bits per heavy atom. The highest BCUT2D eigenvalue weighted by Crippen LogP contribution is 2.39. The van der Waals surface area contributed by atoms with E-state index in [0.717, 1.165) is 25.9 Å². The van der Waals surface area contributed by atoms with Gasteiger partial charge in [0.2, 0.25) is 5.91 Å². The molecule has 1 saturated carbocycles. The minimum atomic E-state index is -0.662. The maximum Gasteiger partial charge on any atom is 0.235 e. The van der Waals surface area contributed by atoms with Gasteiger partial charge in [-0.05, 0) is 38.8 Å². The monoisotopic (exact) mass is 223 g/mol. The first-order valence-electron chi connectivity index (χ1n) is 6.00. The number of nitrogens with one attached hydrogen (secondary N) is 1. The van der Waals surface area contributed by atoms with Crippen molar-refractivity contribution in [2.75, 3.05) is 19.6 Å². The van der Waals surface area contributed by atoms with E-state index in [1.165, 1.54) is 0 Å². The van der Waals surface area contributed by atoms with E-state index in [-0.39, 0.29) is 5.91 Å². The van der Waals surface area contributed by atoms with Crippen LogP contribution in [0.25, 0.3) is 0 Å². The smallest absolute Gasteiger partial charge is 0.235 e. The van der Waals surface area contributed by atoms with Crippen molar-refractivity contribution < 1.29 is 4.79 Å². The van der Waals surface area contributed by atoms with Gasteiger partial charge in [-0.2, -0.15) is 5.26 Å². The molecule has 0 unspecified atom stereocenters. The molecule has 0 spiro atoms. The molecule has 0 saturated heterocycles. The maximum absolute atomic E-state index is 11.8. The van der Waals surface area contributed by atoms with E-state index < -0.39 is 5.54 Å². The van der Waals surface area contributed by atoms with Crippen molar-refractivity contribution in [1.82, 2.24) is 10.2 Å². The first kappa shape index (κ1) is 13.0. The third kappa shape index (κ3) is 3.21. The van der Waals surface area contributed by atoms with Gasteiger partial charge in [0, 0.05) is 0 Å². The van der Waals surface area contributed by atoms with Crippen LogP contribution >= 0.6 is 0 Å². The molecular formula is C12H21N3O. The van der Waals surface area contributed by atoms with Gasteiger partial charge in [-0.3, -0.25) is 9.69 Å². The highest BCUT2D eigenvalue weighted by atomic mass is 16.2. The van der Waals surface area contributed by atoms with Crippen LogP contribution < -0.4 is 5.32 Å². The van der Waals surface area contributed by atoms with Crippen LogP contribution in [0.1, 0.15) is 33.6 Å². The summed E-state index contributed by atoms with van der Waals surface area (Å²) in [6, 6.07) is 2.23. The number of hydrogen-bond acceptors (Lipinski definition) is 3. The van der Waals surface area contributed by atoms with E-state index in [1.807, 2.05) is 25.7 Å². The lowest BCUT2D eigenvalue weighted by Gasteiger charge is -2.25. The van der Waals surface area contributed by atoms with Crippen LogP contribution in [-0.2, 0) is 4.79 Å². The zero-order chi connectivity index (χ0) is 12.2. The predicted molar refractivity (Wildman–Crippen MR) is 62.7 cm³/mol. The molecule has 0 aromatic heterocycles. The highest BCUT2D eigenvalue weighted by Gasteiger charge is 2.42. The Kier molecular flexibility index (Phi) is 4.31. The molecule has 1 aliphatic carbocycles. The van der Waals surface area contributed by atoms with E-state index in [9.17, 15) is 4.79 Å². The lowest BCUT2D eigenvalue weighted by molar-refractivity contribution is -0.123. The summed E-state index contributed by atoms with van der Waals surface area (Å²) in [5.41, 5.74) is -0.662. The van der Waals surface area contributed by atoms with Crippen molar-refractivity contribution in [3.05, 3.63) is 0 Å². The molecule has 1 fully saturated rings. The third-order valence-electron chi connectivity index (χ3n) is 3.29. The Balaban J connectivity index is 2.46. The molecule has 1 atom stereocenters. The molecule has 0 aliphatic heterocycles. The largest absolute Gasteiger partial charge is 0.337 e. The van der Waals surface area contributed by atoms with Gasteiger partial charge >= 0.3 is 0 Å². The summed E-state index contributed by atoms with van der Waals surface area (Å²) in [4.78, 5) is 13.8. The van der Waals surface area contributed by atoms with Gasteiger partial charge in [0.05, 0.1) is 12.6 Å². The van der Waals surface area contributed by atoms with Gasteiger partial charge in [-0.15, -0.1) is 0 Å². The van der Waals surface area contributed by atoms with Gasteiger partial charge in [0.1, 0.15) is 5.54 Å². The highest BCUT2D eigenvalue weighted by molar-refractivity contribution is 5.79. The number of carbonyl (C=O) groups is 1. The maximum atomic E-state index is 11.8. The minimum Gasteiger partial charge on any atom is -0.337 e. The molecule has 0 heterocycles. The fourth-order valence-corrected chi connectivity index (χ4v) is 1.86. The van der Waals surface area contributed by atoms with Gasteiger partial charge < -0.3 is 5.32 Å². The van der Waals surface area contributed by atoms with Crippen LogP contribution in [0.5, 0.6) is 0 Å². The van der Waals surface area contributed by atoms with Crippen molar-refractivity contribution >= 4 is 5.91 Å². The fourth-order valence-electron chi connectivity index (χ4n) is 1.86. The summed E-state index contributed by atoms with van der Waals surface area (Å²) in [7, 11) is 0. The lowest BCUT2D eigenvalue weighted by atomic mass is 9.98. The molecule has 1 aliphatic rings. The van der Waals surface area contributed by atoms with Crippen LogP contribution in [0.3, 0.4) is 0 Å². The summed E-state index contributed by atoms with van der Waals surface area (Å²) < 4.78 is 0. The van der Waals surface area contributed by atoms with Crippen molar-refractivity contribution in [3.63, 3.8) is 0 Å². The molecule has 1 rings (SSSR count). The number of rotatable bonds is 6. The van der Waals surface area contributed by atoms with Crippen molar-refractivity contribution in [2.24, 2.45) is 5.92 Å². The number of amides is 1. The van der Waals surface area contributed by atoms with Gasteiger partial charge in [-0.1, -0.05) is 13.8 Å². The van der Waals surface area contributed by atoms with Crippen LogP contribution in [-0.4, -0.2) is 36.0 Å². The Morgan fingerprint density at radius 3 is 2.44 bits per heavy atom. The first-order chi connectivity index (χ1) is 7.55. The van der Waals surface area contributed by atoms with Crippen LogP contribution in [0.4, 0.5) is 0 Å². The van der Waals surface area contributed by atoms with Gasteiger partial charge in [0.15, 0.2) is 0 Å². The number of nitrogens with zero attached hydrogens (tertiary/aromatic N) is 2. The normalized spacial score (nSPS) is 18.9. The topological polar surface area (TPSA) is 56.1 Å². The molecule has 0 radical (unpaired) electrons. The number of nitriles is 1. The van der Waals surface area contributed by atoms with Gasteiger partial charge in [0.25, 0.3) is 0 Å². The summed E-state index contributed by atoms with van der Waals surface area (Å²) in [5, 5.41) is 12.0. The van der Waals surface area contributed by atoms with Crippen molar-refractivity contribution in [3.8, 4) is 6.07 Å². The molecule has 16 heavy (non-hydrogen) atoms. The standard InChI is InChI=1S/C12H21N3O/c1-4-15(5-2)8-11(16)14-12(3,9-13)10-6-7-10/h10H,4-8H2,1-3H3,(H,14,16)/t12-/m1/s1. The molecule has 0 bridgehead atoms. The van der Waals surface area contributed by atoms with Crippen LogP contribution in [0.15, 0.2) is 0 Å². The molecule has 90 valence electrons. The Morgan fingerprint density at radius 2 is 2.06 bits per heavy atom. The Labute approximate surface area is 97.6 Å². The van der Waals surface area contributed by atoms with Crippen molar-refractivity contribution in [2.45, 2.75) is 39.2 Å². The predicted octanol–water partition coefficient (Wildman–Crippen LogP) is 1.14. The molecule has 0 aromatic rings. The van der Waals surface area contributed by atoms with E-state index in [0.29, 0.717) is 12.5 Å². The van der Waals surface area contributed by atoms with Crippen molar-refractivity contribution in [1.29, 1.82) is 5.26 Å². The second-order valence-corrected chi connectivity index (χ2v) is 4.60. The second-order valence-electron chi connectivity index (χ2n) is 4.60.